The van der Waals surface area contributed by atoms with E-state index in [2.05, 4.69) is 37.4 Å². The monoisotopic (exact) mass is 335 g/mol. The van der Waals surface area contributed by atoms with Gasteiger partial charge < -0.3 is 0 Å². The van der Waals surface area contributed by atoms with Gasteiger partial charge in [-0.2, -0.15) is 0 Å². The molecule has 0 amide bonds. The van der Waals surface area contributed by atoms with Crippen LogP contribution in [0.5, 0.6) is 0 Å². The lowest BCUT2D eigenvalue weighted by molar-refractivity contribution is 0.912. The molecule has 2 heterocycles. The highest BCUT2D eigenvalue weighted by Gasteiger charge is 2.15. The third-order valence-corrected chi connectivity index (χ3v) is 4.91. The lowest BCUT2D eigenvalue weighted by Crippen LogP contribution is -2.18. The Morgan fingerprint density at radius 1 is 1.08 bits per heavy atom. The zero-order valence-electron chi connectivity index (χ0n) is 14.7. The molecule has 0 unspecified atom stereocenters. The maximum absolute atomic E-state index is 12.1. The summed E-state index contributed by atoms with van der Waals surface area (Å²) >= 11 is 0. The zero-order valence-corrected chi connectivity index (χ0v) is 14.7. The van der Waals surface area contributed by atoms with E-state index in [1.165, 1.54) is 17.5 Å². The summed E-state index contributed by atoms with van der Waals surface area (Å²) in [6.07, 6.45) is 4.12. The van der Waals surface area contributed by atoms with E-state index in [4.69, 9.17) is 0 Å². The van der Waals surface area contributed by atoms with Gasteiger partial charge in [0.15, 0.2) is 0 Å². The molecule has 2 aromatic heterocycles. The van der Waals surface area contributed by atoms with Crippen molar-refractivity contribution in [1.82, 2.24) is 19.9 Å². The van der Waals surface area contributed by atoms with Crippen LogP contribution in [0.15, 0.2) is 16.9 Å². The molecule has 0 bridgehead atoms. The molecule has 1 aliphatic rings. The van der Waals surface area contributed by atoms with E-state index in [1.807, 2.05) is 20.8 Å². The number of hydrogen-bond donors (Lipinski definition) is 2. The molecule has 1 aromatic carbocycles. The van der Waals surface area contributed by atoms with Crippen molar-refractivity contribution in [3.63, 3.8) is 0 Å². The molecule has 0 saturated heterocycles. The number of fused-ring (bicyclic) bond motifs is 2. The molecular weight excluding hydrogens is 314 g/mol. The van der Waals surface area contributed by atoms with Crippen molar-refractivity contribution in [2.45, 2.75) is 46.5 Å². The lowest BCUT2D eigenvalue weighted by atomic mass is 10.1. The summed E-state index contributed by atoms with van der Waals surface area (Å²) in [6, 6.07) is 4.39. The van der Waals surface area contributed by atoms with E-state index in [0.29, 0.717) is 23.9 Å². The maximum Gasteiger partial charge on any atom is 0.255 e. The number of benzene rings is 1. The predicted molar refractivity (Wildman–Crippen MR) is 98.6 cm³/mol. The van der Waals surface area contributed by atoms with Gasteiger partial charge in [0.05, 0.1) is 11.2 Å². The standard InChI is InChI=1S/C19H21N5O/c1-4-14-10(2)20-19(23-17(14)25)24-18-21-11(3)15-8-12-6-5-7-13(12)9-16(15)22-18/h8-9H,4-7H2,1-3H3,(H2,20,21,22,23,24,25). The molecule has 0 radical (unpaired) electrons. The van der Waals surface area contributed by atoms with E-state index in [0.717, 1.165) is 35.1 Å². The number of anilines is 2. The second-order valence-corrected chi connectivity index (χ2v) is 6.58. The van der Waals surface area contributed by atoms with Gasteiger partial charge in [-0.3, -0.25) is 15.1 Å². The summed E-state index contributed by atoms with van der Waals surface area (Å²) < 4.78 is 0. The summed E-state index contributed by atoms with van der Waals surface area (Å²) in [4.78, 5) is 28.5. The van der Waals surface area contributed by atoms with Crippen molar-refractivity contribution >= 4 is 22.8 Å². The lowest BCUT2D eigenvalue weighted by Gasteiger charge is -2.10. The van der Waals surface area contributed by atoms with Gasteiger partial charge >= 0.3 is 0 Å². The number of H-pyrrole nitrogens is 1. The van der Waals surface area contributed by atoms with Gasteiger partial charge in [0.25, 0.3) is 5.56 Å². The fraction of sp³-hybridized carbons (Fsp3) is 0.368. The summed E-state index contributed by atoms with van der Waals surface area (Å²) in [6.45, 7) is 5.77. The first kappa shape index (κ1) is 15.7. The minimum absolute atomic E-state index is 0.118. The van der Waals surface area contributed by atoms with E-state index < -0.39 is 0 Å². The van der Waals surface area contributed by atoms with Gasteiger partial charge in [0.1, 0.15) is 0 Å². The summed E-state index contributed by atoms with van der Waals surface area (Å²) in [7, 11) is 0. The number of nitrogens with one attached hydrogen (secondary N) is 2. The van der Waals surface area contributed by atoms with Crippen molar-refractivity contribution < 1.29 is 0 Å². The SMILES string of the molecule is CCc1c(C)nc(Nc2nc(C)c3cc4c(cc3n2)CCC4)[nH]c1=O. The van der Waals surface area contributed by atoms with E-state index >= 15 is 0 Å². The average molecular weight is 335 g/mol. The van der Waals surface area contributed by atoms with Crippen LogP contribution in [0, 0.1) is 13.8 Å². The summed E-state index contributed by atoms with van der Waals surface area (Å²) in [5.74, 6) is 0.828. The molecule has 4 rings (SSSR count). The molecule has 6 heteroatoms. The van der Waals surface area contributed by atoms with Crippen LogP contribution in [-0.4, -0.2) is 19.9 Å². The Balaban J connectivity index is 1.75. The molecule has 25 heavy (non-hydrogen) atoms. The number of aromatic nitrogens is 4. The number of rotatable bonds is 3. The molecule has 0 aliphatic heterocycles. The maximum atomic E-state index is 12.1. The van der Waals surface area contributed by atoms with Gasteiger partial charge in [-0.15, -0.1) is 0 Å². The molecule has 0 saturated carbocycles. The van der Waals surface area contributed by atoms with Crippen molar-refractivity contribution in [1.29, 1.82) is 0 Å². The van der Waals surface area contributed by atoms with Crippen molar-refractivity contribution in [3.05, 3.63) is 50.6 Å². The Bertz CT molecular complexity index is 1040. The van der Waals surface area contributed by atoms with Gasteiger partial charge in [0, 0.05) is 16.6 Å². The zero-order chi connectivity index (χ0) is 17.6. The molecule has 2 N–H and O–H groups in total. The molecular formula is C19H21N5O. The quantitative estimate of drug-likeness (QED) is 0.768. The Kier molecular flexibility index (Phi) is 3.75. The molecule has 6 nitrogen and oxygen atoms in total. The number of aromatic amines is 1. The highest BCUT2D eigenvalue weighted by molar-refractivity contribution is 5.84. The van der Waals surface area contributed by atoms with E-state index in [-0.39, 0.29) is 5.56 Å². The minimum atomic E-state index is -0.118. The average Bonchev–Trinajstić information content (AvgIpc) is 3.00. The van der Waals surface area contributed by atoms with Crippen LogP contribution in [0.4, 0.5) is 11.9 Å². The Morgan fingerprint density at radius 3 is 2.56 bits per heavy atom. The Morgan fingerprint density at radius 2 is 1.84 bits per heavy atom. The van der Waals surface area contributed by atoms with E-state index in [9.17, 15) is 4.79 Å². The van der Waals surface area contributed by atoms with Crippen LogP contribution in [0.3, 0.4) is 0 Å². The Hall–Kier alpha value is -2.76. The molecule has 3 aromatic rings. The smallest absolute Gasteiger partial charge is 0.255 e. The first-order valence-corrected chi connectivity index (χ1v) is 8.72. The van der Waals surface area contributed by atoms with Crippen LogP contribution >= 0.6 is 0 Å². The highest BCUT2D eigenvalue weighted by atomic mass is 16.1. The van der Waals surface area contributed by atoms with Crippen LogP contribution in [0.25, 0.3) is 10.9 Å². The van der Waals surface area contributed by atoms with Gasteiger partial charge in [-0.25, -0.2) is 15.0 Å². The van der Waals surface area contributed by atoms with Gasteiger partial charge in [0.2, 0.25) is 11.9 Å². The first-order valence-electron chi connectivity index (χ1n) is 8.72. The van der Waals surface area contributed by atoms with Crippen molar-refractivity contribution in [2.24, 2.45) is 0 Å². The number of hydrogen-bond acceptors (Lipinski definition) is 5. The predicted octanol–water partition coefficient (Wildman–Crippen LogP) is 3.12. The number of nitrogens with zero attached hydrogens (tertiary/aromatic N) is 3. The van der Waals surface area contributed by atoms with Crippen molar-refractivity contribution in [3.8, 4) is 0 Å². The second kappa shape index (κ2) is 5.95. The van der Waals surface area contributed by atoms with Gasteiger partial charge in [-0.1, -0.05) is 6.92 Å². The first-order chi connectivity index (χ1) is 12.0. The molecule has 0 fully saturated rings. The fourth-order valence-corrected chi connectivity index (χ4v) is 3.60. The van der Waals surface area contributed by atoms with Gasteiger partial charge in [-0.05, 0) is 62.8 Å². The third kappa shape index (κ3) is 2.77. The third-order valence-electron chi connectivity index (χ3n) is 4.91. The largest absolute Gasteiger partial charge is 0.294 e. The summed E-state index contributed by atoms with van der Waals surface area (Å²) in [5.41, 5.74) is 5.96. The van der Waals surface area contributed by atoms with Crippen LogP contribution in [0.1, 0.15) is 41.4 Å². The second-order valence-electron chi connectivity index (χ2n) is 6.58. The van der Waals surface area contributed by atoms with Crippen molar-refractivity contribution in [2.75, 3.05) is 5.32 Å². The highest BCUT2D eigenvalue weighted by Crippen LogP contribution is 2.28. The van der Waals surface area contributed by atoms with Crippen LogP contribution < -0.4 is 10.9 Å². The van der Waals surface area contributed by atoms with Crippen LogP contribution in [0.2, 0.25) is 0 Å². The molecule has 1 aliphatic carbocycles. The minimum Gasteiger partial charge on any atom is -0.294 e. The van der Waals surface area contributed by atoms with E-state index in [1.54, 1.807) is 0 Å². The van der Waals surface area contributed by atoms with Crippen LogP contribution in [-0.2, 0) is 19.3 Å². The molecule has 0 spiro atoms. The number of aryl methyl sites for hydroxylation is 4. The summed E-state index contributed by atoms with van der Waals surface area (Å²) in [5, 5.41) is 4.14. The molecule has 128 valence electrons. The topological polar surface area (TPSA) is 83.6 Å². The Labute approximate surface area is 145 Å². The fourth-order valence-electron chi connectivity index (χ4n) is 3.60. The molecule has 0 atom stereocenters. The normalized spacial score (nSPS) is 13.2.